The summed E-state index contributed by atoms with van der Waals surface area (Å²) in [4.78, 5) is 24.7. The van der Waals surface area contributed by atoms with Gasteiger partial charge in [-0.25, -0.2) is 0 Å². The summed E-state index contributed by atoms with van der Waals surface area (Å²) >= 11 is 0. The second kappa shape index (κ2) is 7.09. The van der Waals surface area contributed by atoms with Gasteiger partial charge in [-0.05, 0) is 31.2 Å². The largest absolute Gasteiger partial charge is 0.481 e. The molecular weight excluding hydrogens is 318 g/mol. The number of carboxylic acid groups (broad SMARTS) is 1. The Labute approximate surface area is 146 Å². The molecule has 1 unspecified atom stereocenters. The van der Waals surface area contributed by atoms with Crippen molar-refractivity contribution in [2.45, 2.75) is 44.6 Å². The van der Waals surface area contributed by atoms with Crippen LogP contribution in [0.15, 0.2) is 36.5 Å². The van der Waals surface area contributed by atoms with E-state index in [1.165, 1.54) is 0 Å². The average Bonchev–Trinajstić information content (AvgIpc) is 3.07. The summed E-state index contributed by atoms with van der Waals surface area (Å²) < 4.78 is 1.87. The van der Waals surface area contributed by atoms with Crippen molar-refractivity contribution in [2.75, 3.05) is 6.54 Å². The van der Waals surface area contributed by atoms with E-state index in [0.717, 1.165) is 31.5 Å². The van der Waals surface area contributed by atoms with Gasteiger partial charge < -0.3 is 10.4 Å². The number of amides is 1. The van der Waals surface area contributed by atoms with Gasteiger partial charge in [-0.1, -0.05) is 37.3 Å². The molecule has 2 aromatic rings. The number of nitrogens with one attached hydrogen (secondary N) is 1. The van der Waals surface area contributed by atoms with Crippen molar-refractivity contribution < 1.29 is 14.7 Å². The Morgan fingerprint density at radius 2 is 2.04 bits per heavy atom. The van der Waals surface area contributed by atoms with Crippen LogP contribution in [0.25, 0.3) is 0 Å². The zero-order valence-corrected chi connectivity index (χ0v) is 14.4. The lowest BCUT2D eigenvalue weighted by Gasteiger charge is -2.29. The molecule has 0 spiro atoms. The summed E-state index contributed by atoms with van der Waals surface area (Å²) in [5.74, 6) is -1.18. The summed E-state index contributed by atoms with van der Waals surface area (Å²) in [6.07, 6.45) is 4.93. The molecule has 0 saturated heterocycles. The molecule has 1 aliphatic heterocycles. The quantitative estimate of drug-likeness (QED) is 0.845. The fourth-order valence-electron chi connectivity index (χ4n) is 3.48. The molecule has 2 N–H and O–H groups in total. The van der Waals surface area contributed by atoms with Gasteiger partial charge in [0, 0.05) is 13.1 Å². The maximum Gasteiger partial charge on any atom is 0.315 e. The van der Waals surface area contributed by atoms with Gasteiger partial charge in [0.1, 0.15) is 5.41 Å². The van der Waals surface area contributed by atoms with Crippen molar-refractivity contribution in [2.24, 2.45) is 0 Å². The fourth-order valence-corrected chi connectivity index (χ4v) is 3.48. The maximum atomic E-state index is 12.6. The molecule has 1 amide bonds. The number of fused-ring (bicyclic) bond motifs is 1. The Kier molecular flexibility index (Phi) is 4.88. The van der Waals surface area contributed by atoms with Crippen LogP contribution in [0.4, 0.5) is 0 Å². The molecule has 0 saturated carbocycles. The van der Waals surface area contributed by atoms with Crippen molar-refractivity contribution in [1.82, 2.24) is 15.1 Å². The summed E-state index contributed by atoms with van der Waals surface area (Å²) in [7, 11) is 0. The van der Waals surface area contributed by atoms with Crippen molar-refractivity contribution in [1.29, 1.82) is 0 Å². The molecule has 1 aromatic heterocycles. The molecule has 3 rings (SSSR count). The highest BCUT2D eigenvalue weighted by Crippen LogP contribution is 2.28. The Hall–Kier alpha value is -2.63. The average molecular weight is 341 g/mol. The molecule has 0 radical (unpaired) electrons. The minimum absolute atomic E-state index is 0.0479. The number of hydrogen-bond donors (Lipinski definition) is 2. The van der Waals surface area contributed by atoms with Crippen LogP contribution >= 0.6 is 0 Å². The molecule has 1 atom stereocenters. The summed E-state index contributed by atoms with van der Waals surface area (Å²) in [5, 5.41) is 17.0. The Morgan fingerprint density at radius 3 is 2.72 bits per heavy atom. The molecule has 1 aromatic carbocycles. The SMILES string of the molecule is CCC(CNC(=O)c1cnn2c1CCCC2)(C(=O)O)c1ccccc1. The molecule has 6 nitrogen and oxygen atoms in total. The lowest BCUT2D eigenvalue weighted by Crippen LogP contribution is -2.46. The number of rotatable bonds is 6. The van der Waals surface area contributed by atoms with E-state index in [4.69, 9.17) is 0 Å². The van der Waals surface area contributed by atoms with Gasteiger partial charge in [0.25, 0.3) is 5.91 Å². The van der Waals surface area contributed by atoms with E-state index >= 15 is 0 Å². The maximum absolute atomic E-state index is 12.6. The first kappa shape index (κ1) is 17.2. The van der Waals surface area contributed by atoms with E-state index in [9.17, 15) is 14.7 Å². The molecule has 1 aliphatic rings. The van der Waals surface area contributed by atoms with Crippen molar-refractivity contribution >= 4 is 11.9 Å². The third-order valence-corrected chi connectivity index (χ3v) is 5.12. The first-order valence-corrected chi connectivity index (χ1v) is 8.70. The second-order valence-electron chi connectivity index (χ2n) is 6.47. The van der Waals surface area contributed by atoms with Crippen molar-refractivity contribution in [3.8, 4) is 0 Å². The van der Waals surface area contributed by atoms with Crippen LogP contribution in [-0.2, 0) is 23.2 Å². The molecule has 0 aliphatic carbocycles. The summed E-state index contributed by atoms with van der Waals surface area (Å²) in [6, 6.07) is 9.08. The molecule has 0 fully saturated rings. The zero-order chi connectivity index (χ0) is 17.9. The number of carbonyl (C=O) groups excluding carboxylic acids is 1. The van der Waals surface area contributed by atoms with E-state index in [1.807, 2.05) is 29.8 Å². The second-order valence-corrected chi connectivity index (χ2v) is 6.47. The molecule has 0 bridgehead atoms. The monoisotopic (exact) mass is 341 g/mol. The third kappa shape index (κ3) is 3.16. The van der Waals surface area contributed by atoms with Crippen LogP contribution in [0.2, 0.25) is 0 Å². The number of nitrogens with zero attached hydrogens (tertiary/aromatic N) is 2. The van der Waals surface area contributed by atoms with E-state index < -0.39 is 11.4 Å². The highest BCUT2D eigenvalue weighted by molar-refractivity contribution is 5.95. The van der Waals surface area contributed by atoms with Gasteiger partial charge in [-0.3, -0.25) is 14.3 Å². The summed E-state index contributed by atoms with van der Waals surface area (Å²) in [5.41, 5.74) is 1.07. The molecular formula is C19H23N3O3. The van der Waals surface area contributed by atoms with E-state index in [-0.39, 0.29) is 12.5 Å². The number of hydrogen-bond acceptors (Lipinski definition) is 3. The number of aliphatic carboxylic acids is 1. The molecule has 132 valence electrons. The normalized spacial score (nSPS) is 15.9. The van der Waals surface area contributed by atoms with Crippen LogP contribution in [0.1, 0.15) is 47.8 Å². The first-order valence-electron chi connectivity index (χ1n) is 8.70. The fraction of sp³-hybridized carbons (Fsp3) is 0.421. The number of carbonyl (C=O) groups is 2. The minimum Gasteiger partial charge on any atom is -0.481 e. The van der Waals surface area contributed by atoms with Crippen LogP contribution in [0.5, 0.6) is 0 Å². The minimum atomic E-state index is -1.13. The van der Waals surface area contributed by atoms with Crippen LogP contribution in [-0.4, -0.2) is 33.3 Å². The van der Waals surface area contributed by atoms with Crippen molar-refractivity contribution in [3.63, 3.8) is 0 Å². The van der Waals surface area contributed by atoms with E-state index in [1.54, 1.807) is 18.3 Å². The smallest absolute Gasteiger partial charge is 0.315 e. The Balaban J connectivity index is 1.81. The lowest BCUT2D eigenvalue weighted by atomic mass is 9.78. The van der Waals surface area contributed by atoms with Crippen molar-refractivity contribution in [3.05, 3.63) is 53.3 Å². The number of aromatic nitrogens is 2. The Morgan fingerprint density at radius 1 is 1.28 bits per heavy atom. The first-order chi connectivity index (χ1) is 12.1. The lowest BCUT2D eigenvalue weighted by molar-refractivity contribution is -0.143. The van der Waals surface area contributed by atoms with Gasteiger partial charge >= 0.3 is 5.97 Å². The molecule has 25 heavy (non-hydrogen) atoms. The highest BCUT2D eigenvalue weighted by atomic mass is 16.4. The molecule has 2 heterocycles. The highest BCUT2D eigenvalue weighted by Gasteiger charge is 2.39. The van der Waals surface area contributed by atoms with Gasteiger partial charge in [-0.2, -0.15) is 5.10 Å². The zero-order valence-electron chi connectivity index (χ0n) is 14.4. The summed E-state index contributed by atoms with van der Waals surface area (Å²) in [6.45, 7) is 2.71. The van der Waals surface area contributed by atoms with E-state index in [0.29, 0.717) is 17.5 Å². The standard InChI is InChI=1S/C19H23N3O3/c1-2-19(18(24)25,14-8-4-3-5-9-14)13-20-17(23)15-12-21-22-11-7-6-10-16(15)22/h3-5,8-9,12H,2,6-7,10-11,13H2,1H3,(H,20,23)(H,24,25). The van der Waals surface area contributed by atoms with Gasteiger partial charge in [-0.15, -0.1) is 0 Å². The van der Waals surface area contributed by atoms with Gasteiger partial charge in [0.05, 0.1) is 17.5 Å². The van der Waals surface area contributed by atoms with Crippen LogP contribution in [0, 0.1) is 0 Å². The topological polar surface area (TPSA) is 84.2 Å². The third-order valence-electron chi connectivity index (χ3n) is 5.12. The van der Waals surface area contributed by atoms with Gasteiger partial charge in [0.2, 0.25) is 0 Å². The Bertz CT molecular complexity index is 769. The van der Waals surface area contributed by atoms with Gasteiger partial charge in [0.15, 0.2) is 0 Å². The molecule has 6 heteroatoms. The number of benzene rings is 1. The van der Waals surface area contributed by atoms with Crippen LogP contribution < -0.4 is 5.32 Å². The predicted octanol–water partition coefficient (Wildman–Crippen LogP) is 2.38. The number of carboxylic acids is 1. The predicted molar refractivity (Wildman–Crippen MR) is 93.5 cm³/mol. The van der Waals surface area contributed by atoms with E-state index in [2.05, 4.69) is 10.4 Å². The van der Waals surface area contributed by atoms with Crippen LogP contribution in [0.3, 0.4) is 0 Å². The number of aryl methyl sites for hydroxylation is 1.